The van der Waals surface area contributed by atoms with Crippen molar-refractivity contribution in [2.75, 3.05) is 0 Å². The number of aryl methyl sites for hydroxylation is 1. The van der Waals surface area contributed by atoms with E-state index >= 15 is 0 Å². The molecule has 1 aliphatic heterocycles. The summed E-state index contributed by atoms with van der Waals surface area (Å²) in [4.78, 5) is 17.2. The number of aliphatic imine (C=N–C) groups is 1. The van der Waals surface area contributed by atoms with Gasteiger partial charge < -0.3 is 5.32 Å². The summed E-state index contributed by atoms with van der Waals surface area (Å²) in [6.07, 6.45) is 1.87. The molecule has 2 aromatic carbocycles. The number of halogens is 2. The molecule has 0 atom stereocenters. The summed E-state index contributed by atoms with van der Waals surface area (Å²) in [5.41, 5.74) is 2.76. The molecule has 1 heterocycles. The van der Waals surface area contributed by atoms with E-state index in [1.807, 2.05) is 49.4 Å². The standard InChI is InChI=1S/C17H12ClIN2OS/c1-10-5-6-12(18)9-14(10)20-17-21-16(22)15(23-17)8-11-3-2-4-13(19)7-11/h2-9H,1H3,(H,20,21,22). The van der Waals surface area contributed by atoms with Crippen molar-refractivity contribution < 1.29 is 4.79 Å². The Labute approximate surface area is 157 Å². The van der Waals surface area contributed by atoms with Crippen LogP contribution in [0, 0.1) is 10.5 Å². The van der Waals surface area contributed by atoms with Gasteiger partial charge in [0.15, 0.2) is 5.17 Å². The molecule has 0 spiro atoms. The van der Waals surface area contributed by atoms with E-state index in [-0.39, 0.29) is 5.91 Å². The number of amidine groups is 1. The van der Waals surface area contributed by atoms with Crippen molar-refractivity contribution in [2.45, 2.75) is 6.92 Å². The highest BCUT2D eigenvalue weighted by atomic mass is 127. The van der Waals surface area contributed by atoms with Gasteiger partial charge in [0.1, 0.15) is 0 Å². The molecule has 2 aromatic rings. The molecule has 1 saturated heterocycles. The van der Waals surface area contributed by atoms with E-state index in [4.69, 9.17) is 11.6 Å². The zero-order valence-electron chi connectivity index (χ0n) is 12.1. The highest BCUT2D eigenvalue weighted by molar-refractivity contribution is 14.1. The summed E-state index contributed by atoms with van der Waals surface area (Å²) in [6.45, 7) is 1.96. The molecule has 3 rings (SSSR count). The number of rotatable bonds is 2. The van der Waals surface area contributed by atoms with Crippen molar-refractivity contribution in [3.8, 4) is 0 Å². The van der Waals surface area contributed by atoms with Crippen molar-refractivity contribution in [3.63, 3.8) is 0 Å². The molecule has 6 heteroatoms. The fourth-order valence-corrected chi connectivity index (χ4v) is 3.61. The quantitative estimate of drug-likeness (QED) is 0.504. The molecular formula is C17H12ClIN2OS. The van der Waals surface area contributed by atoms with Gasteiger partial charge in [-0.2, -0.15) is 0 Å². The lowest BCUT2D eigenvalue weighted by atomic mass is 10.2. The Balaban J connectivity index is 1.87. The second-order valence-electron chi connectivity index (χ2n) is 4.97. The predicted molar refractivity (Wildman–Crippen MR) is 106 cm³/mol. The summed E-state index contributed by atoms with van der Waals surface area (Å²) < 4.78 is 1.13. The molecule has 116 valence electrons. The maximum absolute atomic E-state index is 12.1. The van der Waals surface area contributed by atoms with E-state index in [0.29, 0.717) is 15.1 Å². The van der Waals surface area contributed by atoms with Gasteiger partial charge in [-0.3, -0.25) is 4.79 Å². The summed E-state index contributed by atoms with van der Waals surface area (Å²) >= 11 is 9.59. The largest absolute Gasteiger partial charge is 0.300 e. The van der Waals surface area contributed by atoms with Crippen LogP contribution in [0.15, 0.2) is 52.4 Å². The van der Waals surface area contributed by atoms with Gasteiger partial charge in [0.2, 0.25) is 0 Å². The highest BCUT2D eigenvalue weighted by Crippen LogP contribution is 2.30. The summed E-state index contributed by atoms with van der Waals surface area (Å²) in [7, 11) is 0. The Bertz CT molecular complexity index is 848. The fourth-order valence-electron chi connectivity index (χ4n) is 2.04. The number of amides is 1. The van der Waals surface area contributed by atoms with Crippen molar-refractivity contribution in [3.05, 3.63) is 67.1 Å². The summed E-state index contributed by atoms with van der Waals surface area (Å²) in [5.74, 6) is -0.132. The van der Waals surface area contributed by atoms with Crippen molar-refractivity contribution in [1.29, 1.82) is 0 Å². The Hall–Kier alpha value is -1.31. The van der Waals surface area contributed by atoms with E-state index in [2.05, 4.69) is 32.9 Å². The van der Waals surface area contributed by atoms with Crippen LogP contribution in [-0.4, -0.2) is 11.1 Å². The first-order chi connectivity index (χ1) is 11.0. The van der Waals surface area contributed by atoms with Crippen LogP contribution in [0.5, 0.6) is 0 Å². The van der Waals surface area contributed by atoms with Crippen molar-refractivity contribution >= 4 is 68.8 Å². The van der Waals surface area contributed by atoms with Crippen molar-refractivity contribution in [2.24, 2.45) is 4.99 Å². The van der Waals surface area contributed by atoms with Crippen LogP contribution < -0.4 is 5.32 Å². The molecule has 0 unspecified atom stereocenters. The third kappa shape index (κ3) is 4.16. The number of carbonyl (C=O) groups is 1. The van der Waals surface area contributed by atoms with Crippen LogP contribution in [0.3, 0.4) is 0 Å². The molecule has 1 aliphatic rings. The van der Waals surface area contributed by atoms with Gasteiger partial charge in [-0.15, -0.1) is 0 Å². The molecule has 1 N–H and O–H groups in total. The lowest BCUT2D eigenvalue weighted by molar-refractivity contribution is -0.115. The van der Waals surface area contributed by atoms with Gasteiger partial charge in [-0.25, -0.2) is 4.99 Å². The van der Waals surface area contributed by atoms with Crippen LogP contribution >= 0.6 is 46.0 Å². The first-order valence-electron chi connectivity index (χ1n) is 6.82. The molecule has 0 radical (unpaired) electrons. The van der Waals surface area contributed by atoms with Gasteiger partial charge in [-0.05, 0) is 82.7 Å². The molecule has 1 amide bonds. The van der Waals surface area contributed by atoms with Crippen LogP contribution in [0.1, 0.15) is 11.1 Å². The van der Waals surface area contributed by atoms with Crippen LogP contribution in [0.2, 0.25) is 5.02 Å². The minimum atomic E-state index is -0.132. The molecule has 23 heavy (non-hydrogen) atoms. The Morgan fingerprint density at radius 2 is 2.09 bits per heavy atom. The monoisotopic (exact) mass is 454 g/mol. The SMILES string of the molecule is Cc1ccc(Cl)cc1N=C1NC(=O)C(=Cc2cccc(I)c2)S1. The van der Waals surface area contributed by atoms with Crippen LogP contribution in [0.25, 0.3) is 6.08 Å². The zero-order chi connectivity index (χ0) is 16.4. The fraction of sp³-hybridized carbons (Fsp3) is 0.0588. The van der Waals surface area contributed by atoms with E-state index in [9.17, 15) is 4.79 Å². The third-order valence-electron chi connectivity index (χ3n) is 3.19. The number of hydrogen-bond acceptors (Lipinski definition) is 3. The minimum absolute atomic E-state index is 0.132. The topological polar surface area (TPSA) is 41.5 Å². The van der Waals surface area contributed by atoms with Gasteiger partial charge >= 0.3 is 0 Å². The molecule has 0 aromatic heterocycles. The second-order valence-corrected chi connectivity index (χ2v) is 7.68. The van der Waals surface area contributed by atoms with Gasteiger partial charge in [0.05, 0.1) is 10.6 Å². The highest BCUT2D eigenvalue weighted by Gasteiger charge is 2.24. The first-order valence-corrected chi connectivity index (χ1v) is 9.10. The number of nitrogens with zero attached hydrogens (tertiary/aromatic N) is 1. The van der Waals surface area contributed by atoms with Crippen LogP contribution in [0.4, 0.5) is 5.69 Å². The maximum atomic E-state index is 12.1. The minimum Gasteiger partial charge on any atom is -0.300 e. The smallest absolute Gasteiger partial charge is 0.264 e. The molecular weight excluding hydrogens is 443 g/mol. The Kier molecular flexibility index (Phi) is 5.08. The van der Waals surface area contributed by atoms with Crippen molar-refractivity contribution in [1.82, 2.24) is 5.32 Å². The normalized spacial score (nSPS) is 17.8. The number of thioether (sulfide) groups is 1. The maximum Gasteiger partial charge on any atom is 0.264 e. The van der Waals surface area contributed by atoms with E-state index in [0.717, 1.165) is 20.4 Å². The van der Waals surface area contributed by atoms with E-state index < -0.39 is 0 Å². The number of benzene rings is 2. The number of nitrogens with one attached hydrogen (secondary N) is 1. The van der Waals surface area contributed by atoms with Gasteiger partial charge in [0.25, 0.3) is 5.91 Å². The molecule has 0 aliphatic carbocycles. The average Bonchev–Trinajstić information content (AvgIpc) is 2.83. The zero-order valence-corrected chi connectivity index (χ0v) is 15.9. The van der Waals surface area contributed by atoms with Gasteiger partial charge in [-0.1, -0.05) is 29.8 Å². The summed E-state index contributed by atoms with van der Waals surface area (Å²) in [6, 6.07) is 13.5. The second kappa shape index (κ2) is 7.07. The number of hydrogen-bond donors (Lipinski definition) is 1. The molecule has 0 bridgehead atoms. The lowest BCUT2D eigenvalue weighted by Gasteiger charge is -2.01. The first kappa shape index (κ1) is 16.5. The summed E-state index contributed by atoms with van der Waals surface area (Å²) in [5, 5.41) is 3.99. The molecule has 0 saturated carbocycles. The molecule has 3 nitrogen and oxygen atoms in total. The van der Waals surface area contributed by atoms with E-state index in [1.165, 1.54) is 11.8 Å². The Morgan fingerprint density at radius 1 is 1.26 bits per heavy atom. The number of carbonyl (C=O) groups excluding carboxylic acids is 1. The average molecular weight is 455 g/mol. The van der Waals surface area contributed by atoms with Crippen LogP contribution in [-0.2, 0) is 4.79 Å². The predicted octanol–water partition coefficient (Wildman–Crippen LogP) is 5.14. The lowest BCUT2D eigenvalue weighted by Crippen LogP contribution is -2.19. The Morgan fingerprint density at radius 3 is 2.87 bits per heavy atom. The van der Waals surface area contributed by atoms with Gasteiger partial charge in [0, 0.05) is 8.59 Å². The van der Waals surface area contributed by atoms with E-state index in [1.54, 1.807) is 6.07 Å². The third-order valence-corrected chi connectivity index (χ3v) is 5.01. The molecule has 1 fully saturated rings.